The first-order valence-corrected chi connectivity index (χ1v) is 8.26. The lowest BCUT2D eigenvalue weighted by Crippen LogP contribution is -2.58. The van der Waals surface area contributed by atoms with Crippen LogP contribution in [0.1, 0.15) is 18.4 Å². The van der Waals surface area contributed by atoms with Gasteiger partial charge in [-0.05, 0) is 31.7 Å². The minimum atomic E-state index is -0.250. The minimum absolute atomic E-state index is 0.0112. The highest BCUT2D eigenvalue weighted by Crippen LogP contribution is 2.27. The number of carbonyl (C=O) groups excluding carboxylic acids is 1. The fraction of sp³-hybridized carbons (Fsp3) is 0.588. The van der Waals surface area contributed by atoms with Gasteiger partial charge in [-0.1, -0.05) is 0 Å². The van der Waals surface area contributed by atoms with E-state index in [1.807, 2.05) is 24.2 Å². The molecule has 1 atom stereocenters. The molecule has 1 aromatic rings. The van der Waals surface area contributed by atoms with Gasteiger partial charge in [0.2, 0.25) is 5.91 Å². The highest BCUT2D eigenvalue weighted by molar-refractivity contribution is 5.82. The molecule has 2 saturated heterocycles. The lowest BCUT2D eigenvalue weighted by molar-refractivity contribution is -0.141. The topological polar surface area (TPSA) is 77.0 Å². The zero-order valence-electron chi connectivity index (χ0n) is 14.3. The number of carboxylic acid groups (broad SMARTS) is 1. The number of amides is 1. The van der Waals surface area contributed by atoms with Crippen molar-refractivity contribution in [2.75, 3.05) is 46.3 Å². The van der Waals surface area contributed by atoms with Crippen LogP contribution in [0.25, 0.3) is 0 Å². The van der Waals surface area contributed by atoms with Gasteiger partial charge in [0.1, 0.15) is 0 Å². The smallest absolute Gasteiger partial charge is 0.290 e. The third-order valence-corrected chi connectivity index (χ3v) is 4.81. The number of rotatable bonds is 3. The number of aromatic nitrogens is 1. The second-order valence-electron chi connectivity index (χ2n) is 6.34. The molecule has 2 fully saturated rings. The predicted octanol–water partition coefficient (Wildman–Crippen LogP) is 0.344. The minimum Gasteiger partial charge on any atom is -0.483 e. The summed E-state index contributed by atoms with van der Waals surface area (Å²) in [4.78, 5) is 31.6. The quantitative estimate of drug-likeness (QED) is 0.804. The molecule has 0 spiro atoms. The molecule has 1 N–H and O–H groups in total. The van der Waals surface area contributed by atoms with Crippen molar-refractivity contribution < 1.29 is 14.7 Å². The molecule has 1 unspecified atom stereocenters. The van der Waals surface area contributed by atoms with Crippen molar-refractivity contribution in [3.05, 3.63) is 30.1 Å². The van der Waals surface area contributed by atoms with E-state index < -0.39 is 0 Å². The van der Waals surface area contributed by atoms with Gasteiger partial charge in [-0.2, -0.15) is 0 Å². The summed E-state index contributed by atoms with van der Waals surface area (Å²) in [5, 5.41) is 6.89. The zero-order chi connectivity index (χ0) is 17.5. The van der Waals surface area contributed by atoms with E-state index in [1.54, 1.807) is 0 Å². The van der Waals surface area contributed by atoms with Crippen molar-refractivity contribution >= 4 is 12.4 Å². The van der Waals surface area contributed by atoms with Crippen molar-refractivity contribution in [3.8, 4) is 0 Å². The standard InChI is InChI=1S/C16H24N4O.CH2O2/c1-13(19-9-7-18(2)8-10-19)16(21)20-11-15(12-20)14-3-5-17-6-4-14;2-1-3/h3-6,13,15H,7-12H2,1-2H3;1H,(H,2,3). The Labute approximate surface area is 142 Å². The van der Waals surface area contributed by atoms with Gasteiger partial charge < -0.3 is 14.9 Å². The van der Waals surface area contributed by atoms with Crippen LogP contribution in [0, 0.1) is 0 Å². The van der Waals surface area contributed by atoms with E-state index in [0.717, 1.165) is 39.3 Å². The molecule has 3 heterocycles. The monoisotopic (exact) mass is 334 g/mol. The summed E-state index contributed by atoms with van der Waals surface area (Å²) in [7, 11) is 2.14. The van der Waals surface area contributed by atoms with Crippen LogP contribution >= 0.6 is 0 Å². The van der Waals surface area contributed by atoms with E-state index in [1.165, 1.54) is 5.56 Å². The fourth-order valence-electron chi connectivity index (χ4n) is 3.13. The number of hydrogen-bond acceptors (Lipinski definition) is 5. The van der Waals surface area contributed by atoms with E-state index >= 15 is 0 Å². The van der Waals surface area contributed by atoms with Gasteiger partial charge in [0, 0.05) is 57.6 Å². The molecule has 0 aliphatic carbocycles. The highest BCUT2D eigenvalue weighted by Gasteiger charge is 2.36. The van der Waals surface area contributed by atoms with E-state index in [4.69, 9.17) is 9.90 Å². The molecule has 0 saturated carbocycles. The molecule has 132 valence electrons. The maximum absolute atomic E-state index is 12.5. The van der Waals surface area contributed by atoms with Crippen LogP contribution in [0.4, 0.5) is 0 Å². The first-order valence-electron chi connectivity index (χ1n) is 8.26. The van der Waals surface area contributed by atoms with Gasteiger partial charge >= 0.3 is 0 Å². The fourth-order valence-corrected chi connectivity index (χ4v) is 3.13. The third kappa shape index (κ3) is 4.52. The van der Waals surface area contributed by atoms with Gasteiger partial charge in [0.15, 0.2) is 0 Å². The second kappa shape index (κ2) is 8.75. The van der Waals surface area contributed by atoms with E-state index in [2.05, 4.69) is 34.0 Å². The van der Waals surface area contributed by atoms with Crippen LogP contribution in [0.15, 0.2) is 24.5 Å². The Kier molecular flexibility index (Phi) is 6.69. The van der Waals surface area contributed by atoms with Gasteiger partial charge in [-0.25, -0.2) is 0 Å². The van der Waals surface area contributed by atoms with Crippen LogP contribution in [0.2, 0.25) is 0 Å². The third-order valence-electron chi connectivity index (χ3n) is 4.81. The summed E-state index contributed by atoms with van der Waals surface area (Å²) in [6.45, 7) is 7.58. The SMILES string of the molecule is CC(C(=O)N1CC(c2ccncc2)C1)N1CCN(C)CC1.O=CO. The molecule has 0 bridgehead atoms. The Morgan fingerprint density at radius 1 is 1.25 bits per heavy atom. The molecule has 0 radical (unpaired) electrons. The molecule has 7 nitrogen and oxygen atoms in total. The first kappa shape index (κ1) is 18.4. The van der Waals surface area contributed by atoms with Gasteiger partial charge in [0.05, 0.1) is 6.04 Å². The molecule has 7 heteroatoms. The van der Waals surface area contributed by atoms with Crippen molar-refractivity contribution in [3.63, 3.8) is 0 Å². The van der Waals surface area contributed by atoms with Gasteiger partial charge in [-0.15, -0.1) is 0 Å². The molecule has 0 aromatic carbocycles. The molecular weight excluding hydrogens is 308 g/mol. The van der Waals surface area contributed by atoms with Crippen LogP contribution in [-0.2, 0) is 9.59 Å². The number of nitrogens with zero attached hydrogens (tertiary/aromatic N) is 4. The lowest BCUT2D eigenvalue weighted by Gasteiger charge is -2.43. The van der Waals surface area contributed by atoms with Crippen LogP contribution in [0.5, 0.6) is 0 Å². The molecule has 2 aliphatic heterocycles. The Morgan fingerprint density at radius 3 is 2.33 bits per heavy atom. The maximum atomic E-state index is 12.5. The molecule has 3 rings (SSSR count). The Morgan fingerprint density at radius 2 is 1.79 bits per heavy atom. The molecule has 24 heavy (non-hydrogen) atoms. The average Bonchev–Trinajstić information content (AvgIpc) is 2.55. The molecule has 1 aromatic heterocycles. The second-order valence-corrected chi connectivity index (χ2v) is 6.34. The van der Waals surface area contributed by atoms with E-state index in [-0.39, 0.29) is 18.4 Å². The molecular formula is C17H26N4O3. The summed E-state index contributed by atoms with van der Waals surface area (Å²) < 4.78 is 0. The van der Waals surface area contributed by atoms with Crippen molar-refractivity contribution in [2.24, 2.45) is 0 Å². The summed E-state index contributed by atoms with van der Waals surface area (Å²) in [6.07, 6.45) is 3.65. The number of pyridine rings is 1. The van der Waals surface area contributed by atoms with Crippen molar-refractivity contribution in [2.45, 2.75) is 18.9 Å². The number of likely N-dealkylation sites (tertiary alicyclic amines) is 1. The van der Waals surface area contributed by atoms with E-state index in [0.29, 0.717) is 5.92 Å². The van der Waals surface area contributed by atoms with Crippen molar-refractivity contribution in [1.29, 1.82) is 0 Å². The maximum Gasteiger partial charge on any atom is 0.290 e. The highest BCUT2D eigenvalue weighted by atomic mass is 16.3. The van der Waals surface area contributed by atoms with E-state index in [9.17, 15) is 4.79 Å². The largest absolute Gasteiger partial charge is 0.483 e. The first-order chi connectivity index (χ1) is 11.6. The van der Waals surface area contributed by atoms with Gasteiger partial charge in [-0.3, -0.25) is 19.5 Å². The Bertz CT molecular complexity index is 526. The van der Waals surface area contributed by atoms with Crippen molar-refractivity contribution in [1.82, 2.24) is 19.7 Å². The summed E-state index contributed by atoms with van der Waals surface area (Å²) in [5.41, 5.74) is 1.29. The Balaban J connectivity index is 0.000000647. The van der Waals surface area contributed by atoms with Crippen LogP contribution in [0.3, 0.4) is 0 Å². The normalized spacial score (nSPS) is 20.5. The Hall–Kier alpha value is -1.99. The average molecular weight is 334 g/mol. The summed E-state index contributed by atoms with van der Waals surface area (Å²) >= 11 is 0. The van der Waals surface area contributed by atoms with Crippen LogP contribution in [-0.4, -0.2) is 89.5 Å². The summed E-state index contributed by atoms with van der Waals surface area (Å²) in [6, 6.07) is 4.12. The number of piperazine rings is 1. The molecule has 2 aliphatic rings. The number of likely N-dealkylation sites (N-methyl/N-ethyl adjacent to an activating group) is 1. The van der Waals surface area contributed by atoms with Gasteiger partial charge in [0.25, 0.3) is 6.47 Å². The lowest BCUT2D eigenvalue weighted by atomic mass is 9.91. The van der Waals surface area contributed by atoms with Crippen LogP contribution < -0.4 is 0 Å². The number of hydrogen-bond donors (Lipinski definition) is 1. The summed E-state index contributed by atoms with van der Waals surface area (Å²) in [5.74, 6) is 0.765. The predicted molar refractivity (Wildman–Crippen MR) is 90.8 cm³/mol. The zero-order valence-corrected chi connectivity index (χ0v) is 14.3. The number of carbonyl (C=O) groups is 2. The molecule has 1 amide bonds.